The summed E-state index contributed by atoms with van der Waals surface area (Å²) in [5.74, 6) is -0.823. The van der Waals surface area contributed by atoms with Crippen molar-refractivity contribution in [1.29, 1.82) is 0 Å². The number of phenolic OH excluding ortho intramolecular Hbond substituents is 1. The van der Waals surface area contributed by atoms with Gasteiger partial charge in [0.15, 0.2) is 12.4 Å². The summed E-state index contributed by atoms with van der Waals surface area (Å²) in [6.45, 7) is 11.6. The van der Waals surface area contributed by atoms with Crippen LogP contribution in [-0.2, 0) is 36.9 Å². The number of Topliss-reactive ketones (excluding diaryl/α,β-unsaturated/α-hetero) is 1. The van der Waals surface area contributed by atoms with Crippen LogP contribution in [0.2, 0.25) is 0 Å². The molecule has 1 aromatic heterocycles. The molecular weight excluding hydrogens is 732 g/mol. The van der Waals surface area contributed by atoms with E-state index in [2.05, 4.69) is 31.5 Å². The second kappa shape index (κ2) is 14.0. The lowest BCUT2D eigenvalue weighted by atomic mass is 9.78. The Kier molecular flexibility index (Phi) is 10.5. The quantitative estimate of drug-likeness (QED) is 0.0926. The van der Waals surface area contributed by atoms with Crippen LogP contribution < -0.4 is 0 Å². The van der Waals surface area contributed by atoms with Gasteiger partial charge >= 0.3 is 5.97 Å². The van der Waals surface area contributed by atoms with Crippen LogP contribution in [0.1, 0.15) is 68.6 Å². The second-order valence-electron chi connectivity index (χ2n) is 13.8. The van der Waals surface area contributed by atoms with Gasteiger partial charge in [-0.1, -0.05) is 81.4 Å². The first-order chi connectivity index (χ1) is 23.0. The number of carbonyl (C=O) groups is 3. The maximum absolute atomic E-state index is 14.1. The third kappa shape index (κ3) is 7.35. The number of hydrogen-bond donors (Lipinski definition) is 1. The van der Waals surface area contributed by atoms with Gasteiger partial charge in [0.1, 0.15) is 16.8 Å². The average Bonchev–Trinajstić information content (AvgIpc) is 3.46. The number of hydrogen-bond acceptors (Lipinski definition) is 12. The van der Waals surface area contributed by atoms with Crippen molar-refractivity contribution in [2.75, 3.05) is 25.2 Å². The summed E-state index contributed by atoms with van der Waals surface area (Å²) in [5.41, 5.74) is 0.952. The van der Waals surface area contributed by atoms with Gasteiger partial charge in [0.05, 0.1) is 0 Å². The van der Waals surface area contributed by atoms with E-state index in [0.717, 1.165) is 15.6 Å². The number of nitrogens with zero attached hydrogens (tertiary/aromatic N) is 6. The van der Waals surface area contributed by atoms with Gasteiger partial charge in [-0.15, -0.1) is 16.9 Å². The van der Waals surface area contributed by atoms with E-state index < -0.39 is 29.6 Å². The van der Waals surface area contributed by atoms with Gasteiger partial charge < -0.3 is 14.6 Å². The molecule has 0 spiro atoms. The molecule has 0 aliphatic carbocycles. The molecule has 1 N–H and O–H groups in total. The Morgan fingerprint density at radius 1 is 1.14 bits per heavy atom. The van der Waals surface area contributed by atoms with E-state index in [0.29, 0.717) is 33.4 Å². The lowest BCUT2D eigenvalue weighted by Gasteiger charge is -2.54. The molecule has 5 rings (SSSR count). The number of β-lactam (4-membered cyclic amide) rings is 1. The van der Waals surface area contributed by atoms with Crippen LogP contribution in [0.15, 0.2) is 62.3 Å². The Bertz CT molecular complexity index is 1810. The normalized spacial score (nSPS) is 19.7. The van der Waals surface area contributed by atoms with Crippen molar-refractivity contribution in [2.24, 2.45) is 12.0 Å². The first kappa shape index (κ1) is 36.7. The van der Waals surface area contributed by atoms with Crippen molar-refractivity contribution in [3.8, 4) is 5.75 Å². The molecule has 15 heteroatoms. The van der Waals surface area contributed by atoms with Crippen LogP contribution in [0.3, 0.4) is 0 Å². The van der Waals surface area contributed by atoms with E-state index in [9.17, 15) is 19.5 Å². The van der Waals surface area contributed by atoms with Gasteiger partial charge in [-0.05, 0) is 56.7 Å². The minimum absolute atomic E-state index is 0.0533. The lowest BCUT2D eigenvalue weighted by molar-refractivity contribution is -0.182. The Morgan fingerprint density at radius 2 is 1.78 bits per heavy atom. The molecule has 49 heavy (non-hydrogen) atoms. The van der Waals surface area contributed by atoms with Crippen molar-refractivity contribution < 1.29 is 29.0 Å². The first-order valence-electron chi connectivity index (χ1n) is 15.4. The molecule has 2 aromatic carbocycles. The lowest BCUT2D eigenvalue weighted by Crippen LogP contribution is -2.73. The van der Waals surface area contributed by atoms with Crippen LogP contribution in [0.4, 0.5) is 0 Å². The van der Waals surface area contributed by atoms with Crippen molar-refractivity contribution in [2.45, 2.75) is 68.6 Å². The van der Waals surface area contributed by atoms with Crippen LogP contribution in [0, 0.1) is 0 Å². The Balaban J connectivity index is 1.46. The Morgan fingerprint density at radius 3 is 2.33 bits per heavy atom. The molecule has 0 bridgehead atoms. The molecule has 1 fully saturated rings. The number of esters is 1. The standard InChI is InChI=1S/C34H39BrN6O6S2/c1-32(2,3)23-13-19(14-24(27(23)43)33(4,5)6)15-36-34(46-8)29(45)41-26(28(44)47-16-25(42)20-9-11-22(35)12-10-20)21(17-48-30(34)41)18-49-31-37-38-39-40(31)7/h9-15,30,43H,16-18H2,1-8H3/b36-15+/t30-,34+/m1/s1. The number of halogens is 1. The number of thioether (sulfide) groups is 2. The van der Waals surface area contributed by atoms with Crippen molar-refractivity contribution >= 4 is 63.3 Å². The number of tetrazole rings is 1. The number of amides is 1. The number of carbonyl (C=O) groups excluding carboxylic acids is 3. The molecule has 12 nitrogen and oxygen atoms in total. The highest BCUT2D eigenvalue weighted by atomic mass is 79.9. The molecule has 0 saturated carbocycles. The van der Waals surface area contributed by atoms with Crippen LogP contribution in [0.5, 0.6) is 5.75 Å². The molecule has 0 radical (unpaired) electrons. The fourth-order valence-corrected chi connectivity index (χ4v) is 8.17. The number of aryl methyl sites for hydroxylation is 1. The summed E-state index contributed by atoms with van der Waals surface area (Å²) in [6, 6.07) is 10.5. The molecule has 2 aliphatic heterocycles. The monoisotopic (exact) mass is 770 g/mol. The Hall–Kier alpha value is -3.53. The highest BCUT2D eigenvalue weighted by molar-refractivity contribution is 9.10. The number of aliphatic imine (C=N–C) groups is 1. The van der Waals surface area contributed by atoms with Gasteiger partial charge in [-0.2, -0.15) is 0 Å². The predicted octanol–water partition coefficient (Wildman–Crippen LogP) is 5.42. The summed E-state index contributed by atoms with van der Waals surface area (Å²) in [5, 5.41) is 22.5. The van der Waals surface area contributed by atoms with Gasteiger partial charge in [-0.3, -0.25) is 14.5 Å². The fourth-order valence-electron chi connectivity index (χ4n) is 5.49. The first-order valence-corrected chi connectivity index (χ1v) is 18.3. The van der Waals surface area contributed by atoms with Gasteiger partial charge in [0.2, 0.25) is 5.16 Å². The summed E-state index contributed by atoms with van der Waals surface area (Å²) in [7, 11) is 3.12. The summed E-state index contributed by atoms with van der Waals surface area (Å²) in [6.07, 6.45) is 1.59. The number of benzene rings is 2. The third-order valence-corrected chi connectivity index (χ3v) is 11.2. The van der Waals surface area contributed by atoms with Gasteiger partial charge in [0.25, 0.3) is 11.6 Å². The highest BCUT2D eigenvalue weighted by Gasteiger charge is 2.66. The SMILES string of the molecule is CO[C@@]1(/N=C/c2cc(C(C)(C)C)c(O)c(C(C)(C)C)c2)C(=O)N2C(C(=O)OCC(=O)c3ccc(Br)cc3)=C(CSc3nnnn3C)CS[C@@H]21. The molecule has 2 aliphatic rings. The number of fused-ring (bicyclic) bond motifs is 1. The Labute approximate surface area is 302 Å². The number of rotatable bonds is 10. The minimum Gasteiger partial charge on any atom is -0.507 e. The maximum Gasteiger partial charge on any atom is 0.355 e. The fraction of sp³-hybridized carbons (Fsp3) is 0.441. The zero-order chi connectivity index (χ0) is 35.9. The van der Waals surface area contributed by atoms with Crippen molar-refractivity contribution in [3.63, 3.8) is 0 Å². The van der Waals surface area contributed by atoms with Crippen LogP contribution in [-0.4, -0.2) is 90.4 Å². The van der Waals surface area contributed by atoms with E-state index in [-0.39, 0.29) is 28.1 Å². The van der Waals surface area contributed by atoms with E-state index in [1.54, 1.807) is 37.5 Å². The minimum atomic E-state index is -1.61. The van der Waals surface area contributed by atoms with Crippen LogP contribution >= 0.6 is 39.5 Å². The number of ether oxygens (including phenoxy) is 2. The smallest absolute Gasteiger partial charge is 0.355 e. The van der Waals surface area contributed by atoms with E-state index >= 15 is 0 Å². The molecule has 3 heterocycles. The van der Waals surface area contributed by atoms with Gasteiger partial charge in [-0.25, -0.2) is 14.5 Å². The molecular formula is C34H39BrN6O6S2. The molecule has 3 aromatic rings. The van der Waals surface area contributed by atoms with Crippen molar-refractivity contribution in [1.82, 2.24) is 25.1 Å². The average molecular weight is 772 g/mol. The highest BCUT2D eigenvalue weighted by Crippen LogP contribution is 2.49. The number of ketones is 1. The number of aromatic hydroxyl groups is 1. The number of aromatic nitrogens is 4. The van der Waals surface area contributed by atoms with Gasteiger partial charge in [0, 0.05) is 53.0 Å². The molecule has 2 atom stereocenters. The third-order valence-electron chi connectivity index (χ3n) is 8.20. The topological polar surface area (TPSA) is 149 Å². The summed E-state index contributed by atoms with van der Waals surface area (Å²) < 4.78 is 13.7. The van der Waals surface area contributed by atoms with E-state index in [1.165, 1.54) is 40.2 Å². The second-order valence-corrected chi connectivity index (χ2v) is 16.7. The number of phenols is 1. The zero-order valence-electron chi connectivity index (χ0n) is 28.6. The summed E-state index contributed by atoms with van der Waals surface area (Å²) >= 11 is 6.07. The molecule has 260 valence electrons. The number of methoxy groups -OCH3 is 1. The molecule has 0 unspecified atom stereocenters. The van der Waals surface area contributed by atoms with E-state index in [1.807, 2.05) is 53.7 Å². The zero-order valence-corrected chi connectivity index (χ0v) is 31.8. The largest absolute Gasteiger partial charge is 0.507 e. The predicted molar refractivity (Wildman–Crippen MR) is 192 cm³/mol. The van der Waals surface area contributed by atoms with E-state index in [4.69, 9.17) is 14.5 Å². The molecule has 1 amide bonds. The summed E-state index contributed by atoms with van der Waals surface area (Å²) in [4.78, 5) is 46.8. The van der Waals surface area contributed by atoms with Crippen LogP contribution in [0.25, 0.3) is 0 Å². The van der Waals surface area contributed by atoms with Crippen molar-refractivity contribution in [3.05, 3.63) is 74.4 Å². The molecule has 1 saturated heterocycles. The maximum atomic E-state index is 14.1.